The molecular weight excluding hydrogens is 558 g/mol. The van der Waals surface area contributed by atoms with E-state index in [2.05, 4.69) is 9.62 Å². The molecule has 224 valence electrons. The van der Waals surface area contributed by atoms with Gasteiger partial charge < -0.3 is 19.8 Å². The molecule has 10 nitrogen and oxygen atoms in total. The van der Waals surface area contributed by atoms with Crippen LogP contribution in [0.25, 0.3) is 0 Å². The van der Waals surface area contributed by atoms with Gasteiger partial charge in [0.1, 0.15) is 11.9 Å². The van der Waals surface area contributed by atoms with Gasteiger partial charge in [0, 0.05) is 31.2 Å². The average molecular weight is 596 g/mol. The van der Waals surface area contributed by atoms with E-state index in [9.17, 15) is 23.1 Å². The fourth-order valence-corrected chi connectivity index (χ4v) is 5.92. The van der Waals surface area contributed by atoms with Gasteiger partial charge in [0.05, 0.1) is 28.7 Å². The number of hydrogen-bond donors (Lipinski definition) is 3. The van der Waals surface area contributed by atoms with Gasteiger partial charge in [-0.05, 0) is 68.9 Å². The topological polar surface area (TPSA) is 136 Å². The summed E-state index contributed by atoms with van der Waals surface area (Å²) >= 11 is 0. The van der Waals surface area contributed by atoms with Crippen molar-refractivity contribution >= 4 is 27.6 Å². The zero-order valence-electron chi connectivity index (χ0n) is 24.1. The second kappa shape index (κ2) is 12.9. The number of likely N-dealkylation sites (N-methyl/N-ethyl adjacent to an activating group) is 1. The first kappa shape index (κ1) is 31.0. The standard InChI is InChI=1S/C31H37N3O7S/c1-20-5-12-26(13-6-20)42(39,40)32-25-11-14-28-27(15-25)30(36)34(22(3)19-35)16-21(2)29(41-28)18-33(4)17-23-7-9-24(10-8-23)31(37)38/h5-15,21-22,29,32,35H,16-19H2,1-4H3,(H,37,38)/t21-,22-,29-/m0/s1. The number of ether oxygens (including phenoxy) is 1. The minimum atomic E-state index is -3.89. The first-order valence-electron chi connectivity index (χ1n) is 13.7. The van der Waals surface area contributed by atoms with E-state index in [1.807, 2.05) is 20.9 Å². The number of fused-ring (bicyclic) bond motifs is 1. The second-order valence-corrected chi connectivity index (χ2v) is 12.6. The van der Waals surface area contributed by atoms with Gasteiger partial charge in [0.2, 0.25) is 0 Å². The zero-order chi connectivity index (χ0) is 30.6. The number of nitrogens with one attached hydrogen (secondary N) is 1. The van der Waals surface area contributed by atoms with Crippen LogP contribution in [0.2, 0.25) is 0 Å². The lowest BCUT2D eigenvalue weighted by molar-refractivity contribution is 0.0341. The van der Waals surface area contributed by atoms with Crippen molar-refractivity contribution < 1.29 is 33.0 Å². The molecule has 0 fully saturated rings. The molecule has 0 saturated heterocycles. The van der Waals surface area contributed by atoms with Crippen molar-refractivity contribution in [1.82, 2.24) is 9.80 Å². The normalized spacial score (nSPS) is 18.0. The highest BCUT2D eigenvalue weighted by Crippen LogP contribution is 2.31. The number of carboxylic acids is 1. The fourth-order valence-electron chi connectivity index (χ4n) is 4.87. The Morgan fingerprint density at radius 1 is 1.12 bits per heavy atom. The van der Waals surface area contributed by atoms with E-state index in [1.165, 1.54) is 18.2 Å². The Kier molecular flexibility index (Phi) is 9.55. The van der Waals surface area contributed by atoms with Crippen molar-refractivity contribution in [3.05, 3.63) is 89.0 Å². The van der Waals surface area contributed by atoms with Crippen LogP contribution in [0.15, 0.2) is 71.6 Å². The maximum atomic E-state index is 13.7. The minimum absolute atomic E-state index is 0.104. The van der Waals surface area contributed by atoms with E-state index in [1.54, 1.807) is 60.4 Å². The summed E-state index contributed by atoms with van der Waals surface area (Å²) < 4.78 is 35.0. The Balaban J connectivity index is 1.60. The Morgan fingerprint density at radius 2 is 1.79 bits per heavy atom. The number of carbonyl (C=O) groups is 2. The summed E-state index contributed by atoms with van der Waals surface area (Å²) in [5.74, 6) is -1.12. The molecule has 0 unspecified atom stereocenters. The van der Waals surface area contributed by atoms with Gasteiger partial charge in [-0.2, -0.15) is 0 Å². The third-order valence-corrected chi connectivity index (χ3v) is 8.79. The van der Waals surface area contributed by atoms with Crippen LogP contribution in [0.1, 0.15) is 45.7 Å². The quantitative estimate of drug-likeness (QED) is 0.322. The average Bonchev–Trinajstić information content (AvgIpc) is 2.95. The number of sulfonamides is 1. The number of anilines is 1. The number of aryl methyl sites for hydroxylation is 1. The summed E-state index contributed by atoms with van der Waals surface area (Å²) in [6.07, 6.45) is -0.344. The number of aromatic carboxylic acids is 1. The van der Waals surface area contributed by atoms with E-state index < -0.39 is 22.0 Å². The molecule has 1 aliphatic heterocycles. The molecule has 3 aromatic carbocycles. The van der Waals surface area contributed by atoms with Crippen LogP contribution in [0, 0.1) is 12.8 Å². The lowest BCUT2D eigenvalue weighted by Crippen LogP contribution is -2.49. The predicted octanol–water partition coefficient (Wildman–Crippen LogP) is 3.85. The van der Waals surface area contributed by atoms with E-state index in [0.717, 1.165) is 11.1 Å². The number of aliphatic hydroxyl groups is 1. The van der Waals surface area contributed by atoms with Crippen LogP contribution in [0.4, 0.5) is 5.69 Å². The third kappa shape index (κ3) is 7.28. The lowest BCUT2D eigenvalue weighted by Gasteiger charge is -2.38. The number of aliphatic hydroxyl groups excluding tert-OH is 1. The van der Waals surface area contributed by atoms with Crippen LogP contribution in [-0.4, -0.2) is 79.2 Å². The molecule has 42 heavy (non-hydrogen) atoms. The summed E-state index contributed by atoms with van der Waals surface area (Å²) in [4.78, 5) is 28.6. The first-order chi connectivity index (χ1) is 19.9. The van der Waals surface area contributed by atoms with Gasteiger partial charge in [-0.1, -0.05) is 36.8 Å². The molecule has 0 aliphatic carbocycles. The molecule has 1 heterocycles. The predicted molar refractivity (Wildman–Crippen MR) is 159 cm³/mol. The zero-order valence-corrected chi connectivity index (χ0v) is 25.0. The molecule has 0 saturated carbocycles. The highest BCUT2D eigenvalue weighted by molar-refractivity contribution is 7.92. The van der Waals surface area contributed by atoms with Crippen molar-refractivity contribution in [3.63, 3.8) is 0 Å². The van der Waals surface area contributed by atoms with Crippen molar-refractivity contribution in [1.29, 1.82) is 0 Å². The van der Waals surface area contributed by atoms with Crippen LogP contribution in [-0.2, 0) is 16.6 Å². The molecule has 3 atom stereocenters. The molecule has 3 N–H and O–H groups in total. The summed E-state index contributed by atoms with van der Waals surface area (Å²) in [7, 11) is -1.96. The van der Waals surface area contributed by atoms with Gasteiger partial charge in [-0.25, -0.2) is 13.2 Å². The van der Waals surface area contributed by atoms with Gasteiger partial charge in [-0.3, -0.25) is 14.4 Å². The van der Waals surface area contributed by atoms with E-state index in [4.69, 9.17) is 9.84 Å². The lowest BCUT2D eigenvalue weighted by atomic mass is 9.99. The van der Waals surface area contributed by atoms with Crippen LogP contribution < -0.4 is 9.46 Å². The second-order valence-electron chi connectivity index (χ2n) is 11.0. The molecule has 1 aliphatic rings. The minimum Gasteiger partial charge on any atom is -0.488 e. The smallest absolute Gasteiger partial charge is 0.335 e. The Bertz CT molecular complexity index is 1530. The first-order valence-corrected chi connectivity index (χ1v) is 15.2. The van der Waals surface area contributed by atoms with E-state index in [0.29, 0.717) is 25.4 Å². The molecule has 0 radical (unpaired) electrons. The summed E-state index contributed by atoms with van der Waals surface area (Å²) in [5, 5.41) is 19.1. The Hall–Kier alpha value is -3.93. The fraction of sp³-hybridized carbons (Fsp3) is 0.355. The van der Waals surface area contributed by atoms with Crippen molar-refractivity contribution in [3.8, 4) is 5.75 Å². The van der Waals surface area contributed by atoms with Gasteiger partial charge in [-0.15, -0.1) is 0 Å². The summed E-state index contributed by atoms with van der Waals surface area (Å²) in [5.41, 5.74) is 2.51. The molecule has 4 rings (SSSR count). The molecule has 0 bridgehead atoms. The number of benzene rings is 3. The molecule has 3 aromatic rings. The number of carboxylic acid groups (broad SMARTS) is 1. The van der Waals surface area contributed by atoms with Gasteiger partial charge in [0.15, 0.2) is 0 Å². The molecule has 0 spiro atoms. The maximum Gasteiger partial charge on any atom is 0.335 e. The SMILES string of the molecule is Cc1ccc(S(=O)(=O)Nc2ccc3c(c2)C(=O)N([C@@H](C)CO)C[C@H](C)[C@H](CN(C)Cc2ccc(C(=O)O)cc2)O3)cc1. The third-order valence-electron chi connectivity index (χ3n) is 7.39. The number of amides is 1. The Morgan fingerprint density at radius 3 is 2.40 bits per heavy atom. The maximum absolute atomic E-state index is 13.7. The van der Waals surface area contributed by atoms with Crippen molar-refractivity contribution in [2.24, 2.45) is 5.92 Å². The number of hydrogen-bond acceptors (Lipinski definition) is 7. The van der Waals surface area contributed by atoms with E-state index in [-0.39, 0.29) is 46.2 Å². The molecule has 11 heteroatoms. The van der Waals surface area contributed by atoms with Crippen molar-refractivity contribution in [2.75, 3.05) is 31.5 Å². The largest absolute Gasteiger partial charge is 0.488 e. The molecule has 1 amide bonds. The monoisotopic (exact) mass is 595 g/mol. The van der Waals surface area contributed by atoms with Crippen molar-refractivity contribution in [2.45, 2.75) is 44.4 Å². The number of carbonyl (C=O) groups excluding carboxylic acids is 1. The Labute approximate surface area is 246 Å². The number of nitrogens with zero attached hydrogens (tertiary/aromatic N) is 2. The highest BCUT2D eigenvalue weighted by Gasteiger charge is 2.33. The molecular formula is C31H37N3O7S. The van der Waals surface area contributed by atoms with Crippen LogP contribution >= 0.6 is 0 Å². The van der Waals surface area contributed by atoms with Crippen LogP contribution in [0.3, 0.4) is 0 Å². The summed E-state index contributed by atoms with van der Waals surface area (Å²) in [6, 6.07) is 17.3. The highest BCUT2D eigenvalue weighted by atomic mass is 32.2. The summed E-state index contributed by atoms with van der Waals surface area (Å²) in [6.45, 7) is 6.76. The number of rotatable bonds is 10. The van der Waals surface area contributed by atoms with Gasteiger partial charge >= 0.3 is 5.97 Å². The van der Waals surface area contributed by atoms with Gasteiger partial charge in [0.25, 0.3) is 15.9 Å². The van der Waals surface area contributed by atoms with E-state index >= 15 is 0 Å². The van der Waals surface area contributed by atoms with Crippen LogP contribution in [0.5, 0.6) is 5.75 Å². The molecule has 0 aromatic heterocycles.